The highest BCUT2D eigenvalue weighted by Crippen LogP contribution is 2.26. The van der Waals surface area contributed by atoms with Crippen LogP contribution in [0.2, 0.25) is 5.02 Å². The highest BCUT2D eigenvalue weighted by molar-refractivity contribution is 7.15. The van der Waals surface area contributed by atoms with Gasteiger partial charge in [-0.25, -0.2) is 4.98 Å². The zero-order valence-electron chi connectivity index (χ0n) is 16.8. The SMILES string of the molecule is O=C(Nc1nnc(Cc2ccc(Cl)cc2)s1)c1cc(-c2ccccc2)nc2ccccc12. The number of halogens is 1. The summed E-state index contributed by atoms with van der Waals surface area (Å²) >= 11 is 7.31. The van der Waals surface area contributed by atoms with Crippen molar-refractivity contribution in [3.8, 4) is 11.3 Å². The molecule has 0 aliphatic carbocycles. The minimum Gasteiger partial charge on any atom is -0.296 e. The molecule has 0 atom stereocenters. The van der Waals surface area contributed by atoms with Gasteiger partial charge in [0.25, 0.3) is 5.91 Å². The highest BCUT2D eigenvalue weighted by atomic mass is 35.5. The van der Waals surface area contributed by atoms with Crippen LogP contribution in [-0.4, -0.2) is 21.1 Å². The summed E-state index contributed by atoms with van der Waals surface area (Å²) in [6, 6.07) is 26.9. The number of amides is 1. The number of hydrogen-bond donors (Lipinski definition) is 1. The number of nitrogens with zero attached hydrogens (tertiary/aromatic N) is 3. The molecule has 0 radical (unpaired) electrons. The summed E-state index contributed by atoms with van der Waals surface area (Å²) in [6.07, 6.45) is 0.626. The minimum atomic E-state index is -0.241. The smallest absolute Gasteiger partial charge is 0.258 e. The summed E-state index contributed by atoms with van der Waals surface area (Å²) in [4.78, 5) is 17.9. The van der Waals surface area contributed by atoms with Gasteiger partial charge in [0, 0.05) is 22.4 Å². The summed E-state index contributed by atoms with van der Waals surface area (Å²) in [7, 11) is 0. The Labute approximate surface area is 193 Å². The fourth-order valence-corrected chi connectivity index (χ4v) is 4.33. The lowest BCUT2D eigenvalue weighted by molar-refractivity contribution is 0.102. The largest absolute Gasteiger partial charge is 0.296 e. The van der Waals surface area contributed by atoms with Crippen molar-refractivity contribution in [3.63, 3.8) is 0 Å². The zero-order chi connectivity index (χ0) is 21.9. The third-order valence-electron chi connectivity index (χ3n) is 4.99. The maximum absolute atomic E-state index is 13.2. The number of benzene rings is 3. The lowest BCUT2D eigenvalue weighted by Gasteiger charge is -2.09. The minimum absolute atomic E-state index is 0.241. The van der Waals surface area contributed by atoms with Crippen LogP contribution < -0.4 is 5.32 Å². The molecular formula is C25H17ClN4OS. The van der Waals surface area contributed by atoms with E-state index in [2.05, 4.69) is 15.5 Å². The molecule has 156 valence electrons. The van der Waals surface area contributed by atoms with Crippen LogP contribution in [0.4, 0.5) is 5.13 Å². The Morgan fingerprint density at radius 1 is 0.906 bits per heavy atom. The maximum atomic E-state index is 13.2. The number of carbonyl (C=O) groups is 1. The van der Waals surface area contributed by atoms with Gasteiger partial charge in [-0.3, -0.25) is 10.1 Å². The molecule has 0 aliphatic rings. The van der Waals surface area contributed by atoms with Crippen molar-refractivity contribution in [3.05, 3.63) is 106 Å². The van der Waals surface area contributed by atoms with Crippen molar-refractivity contribution >= 4 is 44.9 Å². The molecule has 0 aliphatic heterocycles. The van der Waals surface area contributed by atoms with Gasteiger partial charge >= 0.3 is 0 Å². The summed E-state index contributed by atoms with van der Waals surface area (Å²) in [5.74, 6) is -0.241. The first-order valence-corrected chi connectivity index (χ1v) is 11.2. The van der Waals surface area contributed by atoms with Crippen LogP contribution in [0.25, 0.3) is 22.2 Å². The third-order valence-corrected chi connectivity index (χ3v) is 6.08. The van der Waals surface area contributed by atoms with Crippen molar-refractivity contribution in [2.24, 2.45) is 0 Å². The number of hydrogen-bond acceptors (Lipinski definition) is 5. The molecule has 2 heterocycles. The second kappa shape index (κ2) is 8.86. The van der Waals surface area contributed by atoms with Gasteiger partial charge in [0.1, 0.15) is 5.01 Å². The van der Waals surface area contributed by atoms with E-state index in [1.807, 2.05) is 84.9 Å². The van der Waals surface area contributed by atoms with E-state index in [0.717, 1.165) is 32.7 Å². The van der Waals surface area contributed by atoms with Crippen molar-refractivity contribution in [2.45, 2.75) is 6.42 Å². The molecule has 3 aromatic carbocycles. The Bertz CT molecular complexity index is 1400. The summed E-state index contributed by atoms with van der Waals surface area (Å²) < 4.78 is 0. The Morgan fingerprint density at radius 2 is 1.66 bits per heavy atom. The van der Waals surface area contributed by atoms with E-state index in [4.69, 9.17) is 16.6 Å². The molecular weight excluding hydrogens is 440 g/mol. The zero-order valence-corrected chi connectivity index (χ0v) is 18.4. The Kier molecular flexibility index (Phi) is 5.62. The average molecular weight is 457 g/mol. The van der Waals surface area contributed by atoms with E-state index in [1.54, 1.807) is 0 Å². The van der Waals surface area contributed by atoms with E-state index in [-0.39, 0.29) is 5.91 Å². The molecule has 0 spiro atoms. The van der Waals surface area contributed by atoms with Crippen molar-refractivity contribution < 1.29 is 4.79 Å². The quantitative estimate of drug-likeness (QED) is 0.339. The van der Waals surface area contributed by atoms with Crippen LogP contribution in [0, 0.1) is 0 Å². The first-order valence-electron chi connectivity index (χ1n) is 9.99. The van der Waals surface area contributed by atoms with Crippen LogP contribution in [0.1, 0.15) is 20.9 Å². The lowest BCUT2D eigenvalue weighted by Crippen LogP contribution is -2.13. The van der Waals surface area contributed by atoms with E-state index >= 15 is 0 Å². The van der Waals surface area contributed by atoms with Gasteiger partial charge in [-0.2, -0.15) is 0 Å². The highest BCUT2D eigenvalue weighted by Gasteiger charge is 2.16. The number of aromatic nitrogens is 3. The van der Waals surface area contributed by atoms with E-state index < -0.39 is 0 Å². The molecule has 0 unspecified atom stereocenters. The van der Waals surface area contributed by atoms with Crippen LogP contribution in [0.15, 0.2) is 84.9 Å². The standard InChI is InChI=1S/C25H17ClN4OS/c26-18-12-10-16(11-13-18)14-23-29-30-25(32-23)28-24(31)20-15-22(17-6-2-1-3-7-17)27-21-9-5-4-8-19(20)21/h1-13,15H,14H2,(H,28,30,31). The lowest BCUT2D eigenvalue weighted by atomic mass is 10.0. The normalized spacial score (nSPS) is 10.9. The number of para-hydroxylation sites is 1. The molecule has 0 fully saturated rings. The van der Waals surface area contributed by atoms with Crippen LogP contribution in [0.5, 0.6) is 0 Å². The molecule has 2 aromatic heterocycles. The number of nitrogens with one attached hydrogen (secondary N) is 1. The molecule has 0 bridgehead atoms. The molecule has 5 aromatic rings. The molecule has 7 heteroatoms. The third kappa shape index (κ3) is 4.37. The summed E-state index contributed by atoms with van der Waals surface area (Å²) in [5, 5.41) is 14.0. The van der Waals surface area contributed by atoms with Crippen LogP contribution in [0.3, 0.4) is 0 Å². The van der Waals surface area contributed by atoms with Crippen LogP contribution in [-0.2, 0) is 6.42 Å². The predicted molar refractivity (Wildman–Crippen MR) is 129 cm³/mol. The number of pyridine rings is 1. The van der Waals surface area contributed by atoms with Crippen molar-refractivity contribution in [1.82, 2.24) is 15.2 Å². The fraction of sp³-hybridized carbons (Fsp3) is 0.0400. The monoisotopic (exact) mass is 456 g/mol. The summed E-state index contributed by atoms with van der Waals surface area (Å²) in [6.45, 7) is 0. The molecule has 5 nitrogen and oxygen atoms in total. The number of rotatable bonds is 5. The van der Waals surface area contributed by atoms with Gasteiger partial charge in [0.15, 0.2) is 0 Å². The number of fused-ring (bicyclic) bond motifs is 1. The number of anilines is 1. The molecule has 5 rings (SSSR count). The first-order chi connectivity index (χ1) is 15.7. The predicted octanol–water partition coefficient (Wildman–Crippen LogP) is 6.25. The number of carbonyl (C=O) groups excluding carboxylic acids is 1. The Balaban J connectivity index is 1.42. The summed E-state index contributed by atoms with van der Waals surface area (Å²) in [5.41, 5.74) is 4.09. The van der Waals surface area contributed by atoms with E-state index in [9.17, 15) is 4.79 Å². The maximum Gasteiger partial charge on any atom is 0.258 e. The molecule has 0 saturated heterocycles. The molecule has 1 N–H and O–H groups in total. The Morgan fingerprint density at radius 3 is 2.47 bits per heavy atom. The average Bonchev–Trinajstić information content (AvgIpc) is 3.27. The molecule has 32 heavy (non-hydrogen) atoms. The first kappa shape index (κ1) is 20.3. The fourth-order valence-electron chi connectivity index (χ4n) is 3.44. The topological polar surface area (TPSA) is 67.8 Å². The van der Waals surface area contributed by atoms with Gasteiger partial charge in [-0.05, 0) is 29.8 Å². The van der Waals surface area contributed by atoms with Gasteiger partial charge in [0.2, 0.25) is 5.13 Å². The second-order valence-electron chi connectivity index (χ2n) is 7.20. The van der Waals surface area contributed by atoms with Gasteiger partial charge < -0.3 is 0 Å². The van der Waals surface area contributed by atoms with Gasteiger partial charge in [0.05, 0.1) is 16.8 Å². The van der Waals surface area contributed by atoms with E-state index in [1.165, 1.54) is 11.3 Å². The molecule has 0 saturated carbocycles. The van der Waals surface area contributed by atoms with Crippen molar-refractivity contribution in [1.29, 1.82) is 0 Å². The van der Waals surface area contributed by atoms with Crippen LogP contribution >= 0.6 is 22.9 Å². The Hall–Kier alpha value is -3.61. The second-order valence-corrected chi connectivity index (χ2v) is 8.70. The van der Waals surface area contributed by atoms with Crippen molar-refractivity contribution in [2.75, 3.05) is 5.32 Å². The van der Waals surface area contributed by atoms with E-state index in [0.29, 0.717) is 22.1 Å². The van der Waals surface area contributed by atoms with Gasteiger partial charge in [-0.1, -0.05) is 83.6 Å². The van der Waals surface area contributed by atoms with Gasteiger partial charge in [-0.15, -0.1) is 10.2 Å². The molecule has 1 amide bonds.